The highest BCUT2D eigenvalue weighted by atomic mass is 16.1. The maximum atomic E-state index is 11.4. The van der Waals surface area contributed by atoms with Crippen LogP contribution in [0.5, 0.6) is 0 Å². The number of likely N-dealkylation sites (tertiary alicyclic amines) is 1. The number of rotatable bonds is 4. The molecule has 1 amide bonds. The lowest BCUT2D eigenvalue weighted by Gasteiger charge is -2.34. The van der Waals surface area contributed by atoms with E-state index in [-0.39, 0.29) is 11.4 Å². The third-order valence-corrected chi connectivity index (χ3v) is 4.72. The van der Waals surface area contributed by atoms with E-state index < -0.39 is 5.91 Å². The quantitative estimate of drug-likeness (QED) is 0.888. The van der Waals surface area contributed by atoms with Gasteiger partial charge in [-0.15, -0.1) is 0 Å². The normalized spacial score (nSPS) is 16.6. The van der Waals surface area contributed by atoms with Crippen molar-refractivity contribution in [3.05, 3.63) is 30.2 Å². The molecular weight excluding hydrogens is 304 g/mol. The molecule has 0 spiro atoms. The lowest BCUT2D eigenvalue weighted by Crippen LogP contribution is -2.39. The van der Waals surface area contributed by atoms with Crippen molar-refractivity contribution in [2.45, 2.75) is 38.8 Å². The van der Waals surface area contributed by atoms with Crippen LogP contribution >= 0.6 is 0 Å². The largest absolute Gasteiger partial charge is 0.383 e. The van der Waals surface area contributed by atoms with Gasteiger partial charge in [-0.3, -0.25) is 9.48 Å². The number of carbonyl (C=O) groups is 1. The molecule has 7 nitrogen and oxygen atoms in total. The molecule has 2 aromatic rings. The number of anilines is 1. The van der Waals surface area contributed by atoms with Gasteiger partial charge in [0.1, 0.15) is 5.82 Å². The lowest BCUT2D eigenvalue weighted by molar-refractivity contribution is 0.100. The predicted molar refractivity (Wildman–Crippen MR) is 93.4 cm³/mol. The SMILES string of the molecule is CC(C)N1CCC(n2cc(-c3cnc(N)c(C(N)=O)c3)cn2)CC1. The van der Waals surface area contributed by atoms with Crippen LogP contribution in [0.2, 0.25) is 0 Å². The summed E-state index contributed by atoms with van der Waals surface area (Å²) in [6, 6.07) is 2.67. The molecule has 0 unspecified atom stereocenters. The number of aromatic nitrogens is 3. The minimum atomic E-state index is -0.574. The number of nitrogen functional groups attached to an aromatic ring is 1. The fourth-order valence-electron chi connectivity index (χ4n) is 3.18. The third-order valence-electron chi connectivity index (χ3n) is 4.72. The Kier molecular flexibility index (Phi) is 4.53. The minimum absolute atomic E-state index is 0.152. The van der Waals surface area contributed by atoms with E-state index in [9.17, 15) is 4.79 Å². The molecule has 1 fully saturated rings. The summed E-state index contributed by atoms with van der Waals surface area (Å²) < 4.78 is 2.02. The zero-order valence-electron chi connectivity index (χ0n) is 14.1. The topological polar surface area (TPSA) is 103 Å². The van der Waals surface area contributed by atoms with Gasteiger partial charge < -0.3 is 16.4 Å². The number of nitrogens with two attached hydrogens (primary N) is 2. The number of piperidine rings is 1. The number of pyridine rings is 1. The highest BCUT2D eigenvalue weighted by Gasteiger charge is 2.22. The summed E-state index contributed by atoms with van der Waals surface area (Å²) in [5.74, 6) is -0.421. The van der Waals surface area contributed by atoms with Crippen LogP contribution in [0.1, 0.15) is 43.1 Å². The first-order valence-electron chi connectivity index (χ1n) is 8.29. The first kappa shape index (κ1) is 16.4. The Morgan fingerprint density at radius 2 is 1.96 bits per heavy atom. The van der Waals surface area contributed by atoms with E-state index in [1.54, 1.807) is 18.5 Å². The van der Waals surface area contributed by atoms with Gasteiger partial charge in [-0.1, -0.05) is 0 Å². The van der Waals surface area contributed by atoms with Crippen LogP contribution in [0.3, 0.4) is 0 Å². The first-order chi connectivity index (χ1) is 11.5. The Bertz CT molecular complexity index is 730. The second-order valence-corrected chi connectivity index (χ2v) is 6.59. The summed E-state index contributed by atoms with van der Waals surface area (Å²) >= 11 is 0. The van der Waals surface area contributed by atoms with E-state index in [1.807, 2.05) is 10.9 Å². The fourth-order valence-corrected chi connectivity index (χ4v) is 3.18. The van der Waals surface area contributed by atoms with E-state index in [0.29, 0.717) is 12.1 Å². The van der Waals surface area contributed by atoms with Crippen molar-refractivity contribution in [1.82, 2.24) is 19.7 Å². The molecule has 4 N–H and O–H groups in total. The molecule has 3 rings (SSSR count). The van der Waals surface area contributed by atoms with E-state index in [2.05, 4.69) is 28.8 Å². The molecule has 0 aliphatic carbocycles. The second-order valence-electron chi connectivity index (χ2n) is 6.59. The average molecular weight is 328 g/mol. The zero-order valence-corrected chi connectivity index (χ0v) is 14.1. The van der Waals surface area contributed by atoms with Crippen molar-refractivity contribution in [2.75, 3.05) is 18.8 Å². The Labute approximate surface area is 141 Å². The van der Waals surface area contributed by atoms with Crippen LogP contribution in [0.4, 0.5) is 5.82 Å². The van der Waals surface area contributed by atoms with Crippen LogP contribution in [0.15, 0.2) is 24.7 Å². The van der Waals surface area contributed by atoms with Crippen molar-refractivity contribution in [3.8, 4) is 11.1 Å². The lowest BCUT2D eigenvalue weighted by atomic mass is 10.0. The van der Waals surface area contributed by atoms with Crippen molar-refractivity contribution in [2.24, 2.45) is 5.73 Å². The molecule has 0 atom stereocenters. The van der Waals surface area contributed by atoms with Gasteiger partial charge in [0.2, 0.25) is 0 Å². The zero-order chi connectivity index (χ0) is 17.3. The van der Waals surface area contributed by atoms with Gasteiger partial charge in [0.25, 0.3) is 5.91 Å². The van der Waals surface area contributed by atoms with Crippen LogP contribution in [0.25, 0.3) is 11.1 Å². The van der Waals surface area contributed by atoms with E-state index >= 15 is 0 Å². The maximum absolute atomic E-state index is 11.4. The molecule has 7 heteroatoms. The van der Waals surface area contributed by atoms with E-state index in [1.165, 1.54) is 0 Å². The van der Waals surface area contributed by atoms with E-state index in [0.717, 1.165) is 37.1 Å². The van der Waals surface area contributed by atoms with Crippen molar-refractivity contribution in [1.29, 1.82) is 0 Å². The summed E-state index contributed by atoms with van der Waals surface area (Å²) in [6.07, 6.45) is 7.63. The number of nitrogens with zero attached hydrogens (tertiary/aromatic N) is 4. The smallest absolute Gasteiger partial charge is 0.252 e. The Morgan fingerprint density at radius 1 is 1.25 bits per heavy atom. The van der Waals surface area contributed by atoms with Gasteiger partial charge in [-0.2, -0.15) is 5.10 Å². The molecule has 3 heterocycles. The van der Waals surface area contributed by atoms with Crippen LogP contribution in [-0.4, -0.2) is 44.7 Å². The molecule has 0 radical (unpaired) electrons. The predicted octanol–water partition coefficient (Wildman–Crippen LogP) is 1.67. The third kappa shape index (κ3) is 3.26. The van der Waals surface area contributed by atoms with Gasteiger partial charge >= 0.3 is 0 Å². The van der Waals surface area contributed by atoms with Gasteiger partial charge in [-0.05, 0) is 32.8 Å². The number of hydrogen-bond acceptors (Lipinski definition) is 5. The Morgan fingerprint density at radius 3 is 2.58 bits per heavy atom. The molecule has 1 aliphatic rings. The minimum Gasteiger partial charge on any atom is -0.383 e. The van der Waals surface area contributed by atoms with Crippen molar-refractivity contribution >= 4 is 11.7 Å². The molecule has 2 aromatic heterocycles. The van der Waals surface area contributed by atoms with Gasteiger partial charge in [0, 0.05) is 42.7 Å². The first-order valence-corrected chi connectivity index (χ1v) is 8.29. The molecule has 128 valence electrons. The highest BCUT2D eigenvalue weighted by molar-refractivity contribution is 5.98. The molecule has 0 bridgehead atoms. The molecule has 24 heavy (non-hydrogen) atoms. The van der Waals surface area contributed by atoms with Crippen LogP contribution in [0, 0.1) is 0 Å². The van der Waals surface area contributed by atoms with Gasteiger partial charge in [0.15, 0.2) is 0 Å². The second kappa shape index (κ2) is 6.60. The van der Waals surface area contributed by atoms with Crippen LogP contribution < -0.4 is 11.5 Å². The fraction of sp³-hybridized carbons (Fsp3) is 0.471. The Balaban J connectivity index is 1.77. The van der Waals surface area contributed by atoms with Crippen molar-refractivity contribution in [3.63, 3.8) is 0 Å². The van der Waals surface area contributed by atoms with Crippen molar-refractivity contribution < 1.29 is 4.79 Å². The summed E-state index contributed by atoms with van der Waals surface area (Å²) in [5, 5.41) is 4.51. The number of hydrogen-bond donors (Lipinski definition) is 2. The maximum Gasteiger partial charge on any atom is 0.252 e. The molecule has 1 aliphatic heterocycles. The summed E-state index contributed by atoms with van der Waals surface area (Å²) in [7, 11) is 0. The number of carbonyl (C=O) groups excluding carboxylic acids is 1. The standard InChI is InChI=1S/C17H24N6O/c1-11(2)22-5-3-14(4-6-22)23-10-13(9-21-23)12-7-15(17(19)24)16(18)20-8-12/h7-11,14H,3-6H2,1-2H3,(H2,18,20)(H2,19,24). The van der Waals surface area contributed by atoms with E-state index in [4.69, 9.17) is 11.5 Å². The number of primary amides is 1. The monoisotopic (exact) mass is 328 g/mol. The molecular formula is C17H24N6O. The highest BCUT2D eigenvalue weighted by Crippen LogP contribution is 2.27. The summed E-state index contributed by atoms with van der Waals surface area (Å²) in [5.41, 5.74) is 13.0. The van der Waals surface area contributed by atoms with Gasteiger partial charge in [-0.25, -0.2) is 4.98 Å². The summed E-state index contributed by atoms with van der Waals surface area (Å²) in [6.45, 7) is 6.65. The number of amides is 1. The van der Waals surface area contributed by atoms with Crippen LogP contribution in [-0.2, 0) is 0 Å². The molecule has 0 aromatic carbocycles. The summed E-state index contributed by atoms with van der Waals surface area (Å²) in [4.78, 5) is 18.0. The average Bonchev–Trinajstić information content (AvgIpc) is 3.05. The van der Waals surface area contributed by atoms with Gasteiger partial charge in [0.05, 0.1) is 17.8 Å². The molecule has 0 saturated carbocycles. The molecule has 1 saturated heterocycles. The Hall–Kier alpha value is -2.41.